The highest BCUT2D eigenvalue weighted by atomic mass is 19.1. The predicted octanol–water partition coefficient (Wildman–Crippen LogP) is 0.448. The number of nitrogens with two attached hydrogens (primary N) is 1. The van der Waals surface area contributed by atoms with Crippen LogP contribution in [0.1, 0.15) is 0 Å². The Bertz CT molecular complexity index is 444. The van der Waals surface area contributed by atoms with Crippen LogP contribution in [0.5, 0.6) is 0 Å². The van der Waals surface area contributed by atoms with E-state index >= 15 is 0 Å². The summed E-state index contributed by atoms with van der Waals surface area (Å²) in [6.07, 6.45) is 0. The van der Waals surface area contributed by atoms with E-state index < -0.39 is 6.04 Å². The molecule has 110 valence electrons. The van der Waals surface area contributed by atoms with E-state index in [1.54, 1.807) is 17.0 Å². The van der Waals surface area contributed by atoms with E-state index in [-0.39, 0.29) is 18.3 Å². The second-order valence-electron chi connectivity index (χ2n) is 4.85. The number of nitrogens with zero attached hydrogens (tertiary/aromatic N) is 2. The van der Waals surface area contributed by atoms with Crippen molar-refractivity contribution in [2.24, 2.45) is 5.73 Å². The van der Waals surface area contributed by atoms with Crippen LogP contribution in [0, 0.1) is 5.82 Å². The molecule has 1 aliphatic rings. The maximum Gasteiger partial charge on any atom is 0.241 e. The average Bonchev–Trinajstić information content (AvgIpc) is 2.48. The Kier molecular flexibility index (Phi) is 4.92. The van der Waals surface area contributed by atoms with Gasteiger partial charge in [-0.05, 0) is 24.3 Å². The minimum Gasteiger partial charge on any atom is -0.383 e. The summed E-state index contributed by atoms with van der Waals surface area (Å²) in [5, 5.41) is 0. The molecule has 2 rings (SSSR count). The number of amides is 1. The van der Waals surface area contributed by atoms with Crippen molar-refractivity contribution in [3.63, 3.8) is 0 Å². The van der Waals surface area contributed by atoms with Crippen LogP contribution in [0.2, 0.25) is 0 Å². The van der Waals surface area contributed by atoms with Gasteiger partial charge < -0.3 is 20.3 Å². The van der Waals surface area contributed by atoms with Gasteiger partial charge in [0.1, 0.15) is 11.9 Å². The molecule has 1 unspecified atom stereocenters. The highest BCUT2D eigenvalue weighted by Crippen LogP contribution is 2.17. The third-order valence-electron chi connectivity index (χ3n) is 3.45. The van der Waals surface area contributed by atoms with Crippen molar-refractivity contribution in [1.29, 1.82) is 0 Å². The molecule has 2 N–H and O–H groups in total. The van der Waals surface area contributed by atoms with Gasteiger partial charge in [0.25, 0.3) is 0 Å². The van der Waals surface area contributed by atoms with Crippen LogP contribution in [0.25, 0.3) is 0 Å². The Morgan fingerprint density at radius 3 is 2.45 bits per heavy atom. The van der Waals surface area contributed by atoms with Gasteiger partial charge in [0.05, 0.1) is 6.61 Å². The van der Waals surface area contributed by atoms with Gasteiger partial charge in [0.2, 0.25) is 5.91 Å². The molecule has 20 heavy (non-hydrogen) atoms. The molecule has 1 saturated heterocycles. The fourth-order valence-corrected chi connectivity index (χ4v) is 2.32. The molecule has 1 aromatic carbocycles. The van der Waals surface area contributed by atoms with Crippen LogP contribution in [0.3, 0.4) is 0 Å². The zero-order chi connectivity index (χ0) is 14.5. The molecule has 0 saturated carbocycles. The number of rotatable bonds is 4. The van der Waals surface area contributed by atoms with E-state index in [0.29, 0.717) is 13.1 Å². The van der Waals surface area contributed by atoms with Crippen molar-refractivity contribution in [2.45, 2.75) is 6.04 Å². The Morgan fingerprint density at radius 1 is 1.30 bits per heavy atom. The van der Waals surface area contributed by atoms with Crippen molar-refractivity contribution >= 4 is 11.6 Å². The summed E-state index contributed by atoms with van der Waals surface area (Å²) in [4.78, 5) is 15.9. The van der Waals surface area contributed by atoms with E-state index in [9.17, 15) is 9.18 Å². The van der Waals surface area contributed by atoms with E-state index in [0.717, 1.165) is 18.8 Å². The van der Waals surface area contributed by atoms with Gasteiger partial charge in [-0.25, -0.2) is 4.39 Å². The summed E-state index contributed by atoms with van der Waals surface area (Å²) in [7, 11) is 1.53. The van der Waals surface area contributed by atoms with Crippen molar-refractivity contribution in [2.75, 3.05) is 44.8 Å². The Balaban J connectivity index is 1.89. The minimum absolute atomic E-state index is 0.0781. The number of halogens is 1. The molecule has 1 heterocycles. The SMILES string of the molecule is COCC(N)C(=O)N1CCN(c2ccc(F)cc2)CC1. The molecule has 1 fully saturated rings. The van der Waals surface area contributed by atoms with Gasteiger partial charge in [-0.1, -0.05) is 0 Å². The largest absolute Gasteiger partial charge is 0.383 e. The van der Waals surface area contributed by atoms with Gasteiger partial charge in [0.15, 0.2) is 0 Å². The molecule has 0 spiro atoms. The first-order valence-electron chi connectivity index (χ1n) is 6.65. The lowest BCUT2D eigenvalue weighted by Gasteiger charge is -2.37. The lowest BCUT2D eigenvalue weighted by Crippen LogP contribution is -2.54. The first-order valence-corrected chi connectivity index (χ1v) is 6.65. The number of methoxy groups -OCH3 is 1. The van der Waals surface area contributed by atoms with Gasteiger partial charge in [-0.3, -0.25) is 4.79 Å². The number of carbonyl (C=O) groups excluding carboxylic acids is 1. The normalized spacial score (nSPS) is 17.1. The lowest BCUT2D eigenvalue weighted by molar-refractivity contribution is -0.134. The smallest absolute Gasteiger partial charge is 0.241 e. The highest BCUT2D eigenvalue weighted by Gasteiger charge is 2.25. The quantitative estimate of drug-likeness (QED) is 0.870. The molecule has 1 amide bonds. The third kappa shape index (κ3) is 3.46. The summed E-state index contributed by atoms with van der Waals surface area (Å²) in [5.41, 5.74) is 6.72. The molecule has 6 heteroatoms. The second-order valence-corrected chi connectivity index (χ2v) is 4.85. The van der Waals surface area contributed by atoms with Crippen molar-refractivity contribution < 1.29 is 13.9 Å². The molecule has 5 nitrogen and oxygen atoms in total. The Hall–Kier alpha value is -1.66. The number of carbonyl (C=O) groups is 1. The number of anilines is 1. The molecule has 1 aliphatic heterocycles. The van der Waals surface area contributed by atoms with E-state index in [1.165, 1.54) is 19.2 Å². The van der Waals surface area contributed by atoms with Gasteiger partial charge in [0, 0.05) is 39.0 Å². The number of hydrogen-bond donors (Lipinski definition) is 1. The first-order chi connectivity index (χ1) is 9.61. The topological polar surface area (TPSA) is 58.8 Å². The summed E-state index contributed by atoms with van der Waals surface area (Å²) < 4.78 is 17.8. The molecule has 1 aromatic rings. The standard InChI is InChI=1S/C14H20FN3O2/c1-20-10-13(16)14(19)18-8-6-17(7-9-18)12-4-2-11(15)3-5-12/h2-5,13H,6-10,16H2,1H3. The molecule has 0 radical (unpaired) electrons. The fraction of sp³-hybridized carbons (Fsp3) is 0.500. The summed E-state index contributed by atoms with van der Waals surface area (Å²) in [6, 6.07) is 5.80. The van der Waals surface area contributed by atoms with Crippen LogP contribution in [-0.4, -0.2) is 56.7 Å². The zero-order valence-electron chi connectivity index (χ0n) is 11.6. The van der Waals surface area contributed by atoms with Gasteiger partial charge in [-0.2, -0.15) is 0 Å². The van der Waals surface area contributed by atoms with E-state index in [4.69, 9.17) is 10.5 Å². The number of piperazine rings is 1. The van der Waals surface area contributed by atoms with Crippen LogP contribution < -0.4 is 10.6 Å². The number of ether oxygens (including phenoxy) is 1. The maximum absolute atomic E-state index is 12.9. The summed E-state index contributed by atoms with van der Waals surface area (Å²) in [6.45, 7) is 2.91. The minimum atomic E-state index is -0.600. The highest BCUT2D eigenvalue weighted by molar-refractivity contribution is 5.82. The fourth-order valence-electron chi connectivity index (χ4n) is 2.32. The zero-order valence-corrected chi connectivity index (χ0v) is 11.6. The van der Waals surface area contributed by atoms with Crippen LogP contribution in [-0.2, 0) is 9.53 Å². The summed E-state index contributed by atoms with van der Waals surface area (Å²) >= 11 is 0. The maximum atomic E-state index is 12.9. The van der Waals surface area contributed by atoms with Crippen molar-refractivity contribution in [1.82, 2.24) is 4.90 Å². The molecular formula is C14H20FN3O2. The van der Waals surface area contributed by atoms with Crippen molar-refractivity contribution in [3.05, 3.63) is 30.1 Å². The van der Waals surface area contributed by atoms with Crippen LogP contribution in [0.4, 0.5) is 10.1 Å². The predicted molar refractivity (Wildman–Crippen MR) is 75.0 cm³/mol. The number of benzene rings is 1. The van der Waals surface area contributed by atoms with E-state index in [1.807, 2.05) is 0 Å². The summed E-state index contributed by atoms with van der Waals surface area (Å²) in [5.74, 6) is -0.321. The van der Waals surface area contributed by atoms with Crippen LogP contribution in [0.15, 0.2) is 24.3 Å². The third-order valence-corrected chi connectivity index (χ3v) is 3.45. The molecule has 0 aliphatic carbocycles. The average molecular weight is 281 g/mol. The first kappa shape index (κ1) is 14.7. The van der Waals surface area contributed by atoms with Crippen LogP contribution >= 0.6 is 0 Å². The molecular weight excluding hydrogens is 261 g/mol. The monoisotopic (exact) mass is 281 g/mol. The molecule has 0 aromatic heterocycles. The van der Waals surface area contributed by atoms with Crippen molar-refractivity contribution in [3.8, 4) is 0 Å². The lowest BCUT2D eigenvalue weighted by atomic mass is 10.2. The molecule has 1 atom stereocenters. The Morgan fingerprint density at radius 2 is 1.90 bits per heavy atom. The van der Waals surface area contributed by atoms with E-state index in [2.05, 4.69) is 4.90 Å². The number of hydrogen-bond acceptors (Lipinski definition) is 4. The molecule has 0 bridgehead atoms. The van der Waals surface area contributed by atoms with Gasteiger partial charge >= 0.3 is 0 Å². The van der Waals surface area contributed by atoms with Gasteiger partial charge in [-0.15, -0.1) is 0 Å². The Labute approximate surface area is 118 Å². The second kappa shape index (κ2) is 6.67.